The molecule has 1 fully saturated rings. The lowest BCUT2D eigenvalue weighted by molar-refractivity contribution is 0.312. The van der Waals surface area contributed by atoms with Gasteiger partial charge in [0.2, 0.25) is 0 Å². The fraction of sp³-hybridized carbons (Fsp3) is 0.478. The number of nitrogens with zero attached hydrogens (tertiary/aromatic N) is 4. The highest BCUT2D eigenvalue weighted by molar-refractivity contribution is 14.0. The highest BCUT2D eigenvalue weighted by Crippen LogP contribution is 2.15. The molecule has 0 bridgehead atoms. The number of guanidine groups is 1. The summed E-state index contributed by atoms with van der Waals surface area (Å²) >= 11 is 0. The predicted molar refractivity (Wildman–Crippen MR) is 137 cm³/mol. The molecule has 1 unspecified atom stereocenters. The molecule has 0 saturated carbocycles. The van der Waals surface area contributed by atoms with E-state index in [1.165, 1.54) is 5.56 Å². The number of hydrogen-bond acceptors (Lipinski definition) is 4. The average molecular weight is 522 g/mol. The zero-order valence-electron chi connectivity index (χ0n) is 18.3. The largest absolute Gasteiger partial charge is 0.357 e. The first kappa shape index (κ1) is 24.4. The summed E-state index contributed by atoms with van der Waals surface area (Å²) in [5.41, 5.74) is 2.45. The molecule has 1 aromatic carbocycles. The second kappa shape index (κ2) is 12.7. The van der Waals surface area contributed by atoms with Gasteiger partial charge in [-0.15, -0.1) is 24.0 Å². The molecule has 0 spiro atoms. The van der Waals surface area contributed by atoms with Gasteiger partial charge in [0.1, 0.15) is 5.82 Å². The van der Waals surface area contributed by atoms with Crippen molar-refractivity contribution in [3.8, 4) is 0 Å². The van der Waals surface area contributed by atoms with Gasteiger partial charge < -0.3 is 20.4 Å². The molecule has 6 nitrogen and oxygen atoms in total. The zero-order chi connectivity index (χ0) is 20.5. The Hall–Kier alpha value is -1.87. The molecule has 164 valence electrons. The minimum Gasteiger partial charge on any atom is -0.357 e. The molecule has 30 heavy (non-hydrogen) atoms. The Morgan fingerprint density at radius 1 is 1.07 bits per heavy atom. The molecule has 2 N–H and O–H groups in total. The van der Waals surface area contributed by atoms with E-state index >= 15 is 0 Å². The minimum atomic E-state index is 0. The highest BCUT2D eigenvalue weighted by Gasteiger charge is 2.14. The van der Waals surface area contributed by atoms with Crippen LogP contribution in [0.15, 0.2) is 53.7 Å². The Bertz CT molecular complexity index is 757. The van der Waals surface area contributed by atoms with Crippen molar-refractivity contribution < 1.29 is 0 Å². The number of piperazine rings is 1. The molecule has 3 rings (SSSR count). The van der Waals surface area contributed by atoms with Crippen LogP contribution < -0.4 is 15.5 Å². The monoisotopic (exact) mass is 522 g/mol. The van der Waals surface area contributed by atoms with Crippen molar-refractivity contribution in [1.29, 1.82) is 0 Å². The number of hydrogen-bond donors (Lipinski definition) is 2. The second-order valence-corrected chi connectivity index (χ2v) is 7.70. The van der Waals surface area contributed by atoms with Gasteiger partial charge in [0.15, 0.2) is 5.96 Å². The van der Waals surface area contributed by atoms with Crippen molar-refractivity contribution in [2.45, 2.75) is 26.3 Å². The van der Waals surface area contributed by atoms with Crippen LogP contribution in [0.3, 0.4) is 0 Å². The molecular weight excluding hydrogens is 487 g/mol. The van der Waals surface area contributed by atoms with Gasteiger partial charge in [-0.3, -0.25) is 0 Å². The fourth-order valence-corrected chi connectivity index (χ4v) is 3.39. The summed E-state index contributed by atoms with van der Waals surface area (Å²) in [6, 6.07) is 14.8. The average Bonchev–Trinajstić information content (AvgIpc) is 2.77. The molecule has 0 radical (unpaired) electrons. The van der Waals surface area contributed by atoms with E-state index in [0.29, 0.717) is 12.5 Å². The van der Waals surface area contributed by atoms with Crippen LogP contribution in [0.2, 0.25) is 0 Å². The Labute approximate surface area is 198 Å². The molecule has 1 saturated heterocycles. The predicted octanol–water partition coefficient (Wildman–Crippen LogP) is 3.31. The van der Waals surface area contributed by atoms with Gasteiger partial charge in [-0.05, 0) is 37.1 Å². The molecular formula is C23H35IN6. The third-order valence-corrected chi connectivity index (χ3v) is 5.34. The summed E-state index contributed by atoms with van der Waals surface area (Å²) in [5.74, 6) is 2.33. The third kappa shape index (κ3) is 7.43. The van der Waals surface area contributed by atoms with Crippen LogP contribution >= 0.6 is 24.0 Å². The first-order chi connectivity index (χ1) is 14.2. The molecule has 1 aliphatic heterocycles. The van der Waals surface area contributed by atoms with Crippen LogP contribution in [-0.2, 0) is 6.54 Å². The van der Waals surface area contributed by atoms with Gasteiger partial charge in [0.05, 0.1) is 6.54 Å². The Balaban J connectivity index is 0.00000320. The molecule has 1 aromatic heterocycles. The summed E-state index contributed by atoms with van der Waals surface area (Å²) in [7, 11) is 2.17. The number of aromatic nitrogens is 1. The summed E-state index contributed by atoms with van der Waals surface area (Å²) in [4.78, 5) is 14.1. The molecule has 7 heteroatoms. The van der Waals surface area contributed by atoms with E-state index in [1.807, 2.05) is 6.20 Å². The molecule has 0 amide bonds. The number of likely N-dealkylation sites (N-methyl/N-ethyl adjacent to an activating group) is 1. The van der Waals surface area contributed by atoms with Crippen LogP contribution in [0.5, 0.6) is 0 Å². The van der Waals surface area contributed by atoms with Crippen LogP contribution in [-0.4, -0.2) is 62.2 Å². The number of pyridine rings is 1. The number of rotatable bonds is 7. The van der Waals surface area contributed by atoms with Crippen molar-refractivity contribution in [3.63, 3.8) is 0 Å². The quantitative estimate of drug-likeness (QED) is 0.332. The molecule has 2 aromatic rings. The van der Waals surface area contributed by atoms with E-state index in [9.17, 15) is 0 Å². The van der Waals surface area contributed by atoms with Gasteiger partial charge >= 0.3 is 0 Å². The van der Waals surface area contributed by atoms with Crippen LogP contribution in [0.25, 0.3) is 0 Å². The molecule has 1 atom stereocenters. The first-order valence-corrected chi connectivity index (χ1v) is 10.6. The Morgan fingerprint density at radius 3 is 2.43 bits per heavy atom. The van der Waals surface area contributed by atoms with Crippen molar-refractivity contribution in [1.82, 2.24) is 20.5 Å². The van der Waals surface area contributed by atoms with E-state index in [2.05, 4.69) is 88.8 Å². The number of anilines is 1. The highest BCUT2D eigenvalue weighted by atomic mass is 127. The van der Waals surface area contributed by atoms with E-state index in [4.69, 9.17) is 4.99 Å². The zero-order valence-corrected chi connectivity index (χ0v) is 20.7. The van der Waals surface area contributed by atoms with Crippen LogP contribution in [0, 0.1) is 0 Å². The summed E-state index contributed by atoms with van der Waals surface area (Å²) in [5, 5.41) is 6.79. The first-order valence-electron chi connectivity index (χ1n) is 10.6. The van der Waals surface area contributed by atoms with E-state index < -0.39 is 0 Å². The van der Waals surface area contributed by atoms with Gasteiger partial charge in [0, 0.05) is 45.5 Å². The molecule has 1 aliphatic rings. The number of aliphatic imine (C=N–C) groups is 1. The maximum atomic E-state index is 4.74. The Kier molecular flexibility index (Phi) is 10.4. The summed E-state index contributed by atoms with van der Waals surface area (Å²) in [6.07, 6.45) is 1.95. The van der Waals surface area contributed by atoms with Crippen molar-refractivity contribution in [2.24, 2.45) is 4.99 Å². The number of benzene rings is 1. The maximum Gasteiger partial charge on any atom is 0.191 e. The fourth-order valence-electron chi connectivity index (χ4n) is 3.39. The van der Waals surface area contributed by atoms with Crippen molar-refractivity contribution in [3.05, 3.63) is 59.8 Å². The van der Waals surface area contributed by atoms with Crippen LogP contribution in [0.4, 0.5) is 5.82 Å². The smallest absolute Gasteiger partial charge is 0.191 e. The second-order valence-electron chi connectivity index (χ2n) is 7.70. The van der Waals surface area contributed by atoms with E-state index in [-0.39, 0.29) is 24.0 Å². The lowest BCUT2D eigenvalue weighted by Gasteiger charge is -2.33. The maximum absolute atomic E-state index is 4.74. The van der Waals surface area contributed by atoms with Crippen LogP contribution in [0.1, 0.15) is 30.9 Å². The number of nitrogens with one attached hydrogen (secondary N) is 2. The minimum absolute atomic E-state index is 0. The van der Waals surface area contributed by atoms with Gasteiger partial charge in [-0.1, -0.05) is 43.3 Å². The normalized spacial score (nSPS) is 16.0. The molecule has 0 aliphatic carbocycles. The number of halogens is 1. The van der Waals surface area contributed by atoms with Gasteiger partial charge in [0.25, 0.3) is 0 Å². The SMILES string of the molecule is CCNC(=NCc1ccc(N2CCN(C)CC2)nc1)NCC(C)c1ccccc1.I. The van der Waals surface area contributed by atoms with E-state index in [0.717, 1.165) is 56.6 Å². The lowest BCUT2D eigenvalue weighted by atomic mass is 10.0. The summed E-state index contributed by atoms with van der Waals surface area (Å²) < 4.78 is 0. The lowest BCUT2D eigenvalue weighted by Crippen LogP contribution is -2.44. The standard InChI is InChI=1S/C23H34N6.HI/c1-4-24-23(26-16-19(2)21-8-6-5-7-9-21)27-18-20-10-11-22(25-17-20)29-14-12-28(3)13-15-29;/h5-11,17,19H,4,12-16,18H2,1-3H3,(H2,24,26,27);1H. The Morgan fingerprint density at radius 2 is 1.80 bits per heavy atom. The summed E-state index contributed by atoms with van der Waals surface area (Å²) in [6.45, 7) is 10.9. The van der Waals surface area contributed by atoms with Gasteiger partial charge in [-0.2, -0.15) is 0 Å². The molecule has 2 heterocycles. The van der Waals surface area contributed by atoms with Crippen molar-refractivity contribution >= 4 is 35.8 Å². The topological polar surface area (TPSA) is 55.8 Å². The third-order valence-electron chi connectivity index (χ3n) is 5.34. The van der Waals surface area contributed by atoms with E-state index in [1.54, 1.807) is 0 Å². The van der Waals surface area contributed by atoms with Crippen molar-refractivity contribution in [2.75, 3.05) is 51.2 Å². The van der Waals surface area contributed by atoms with Gasteiger partial charge in [-0.25, -0.2) is 9.98 Å².